The first-order valence-electron chi connectivity index (χ1n) is 4.95. The van der Waals surface area contributed by atoms with Gasteiger partial charge in [0.05, 0.1) is 0 Å². The van der Waals surface area contributed by atoms with Gasteiger partial charge in [-0.15, -0.1) is 6.58 Å². The zero-order valence-electron chi connectivity index (χ0n) is 8.56. The van der Waals surface area contributed by atoms with Gasteiger partial charge in [0.15, 0.2) is 0 Å². The van der Waals surface area contributed by atoms with Gasteiger partial charge in [-0.2, -0.15) is 0 Å². The van der Waals surface area contributed by atoms with Crippen LogP contribution in [0.5, 0.6) is 0 Å². The van der Waals surface area contributed by atoms with E-state index >= 15 is 0 Å². The van der Waals surface area contributed by atoms with Gasteiger partial charge in [0.2, 0.25) is 0 Å². The summed E-state index contributed by atoms with van der Waals surface area (Å²) in [6.45, 7) is 11.7. The zero-order valence-corrected chi connectivity index (χ0v) is 8.56. The second-order valence-electron chi connectivity index (χ2n) is 4.52. The summed E-state index contributed by atoms with van der Waals surface area (Å²) in [4.78, 5) is 0. The van der Waals surface area contributed by atoms with E-state index in [4.69, 9.17) is 0 Å². The van der Waals surface area contributed by atoms with Crippen LogP contribution in [0.4, 0.5) is 0 Å². The molecule has 0 aromatic heterocycles. The molecule has 0 aromatic rings. The maximum Gasteiger partial charge on any atom is 0.00448 e. The fourth-order valence-corrected chi connectivity index (χ4v) is 1.55. The van der Waals surface area contributed by atoms with E-state index in [9.17, 15) is 0 Å². The number of hydrogen-bond donors (Lipinski definition) is 1. The van der Waals surface area contributed by atoms with Gasteiger partial charge < -0.3 is 5.32 Å². The van der Waals surface area contributed by atoms with Crippen LogP contribution in [0.1, 0.15) is 33.6 Å². The average molecular weight is 167 g/mol. The number of hydrogen-bond acceptors (Lipinski definition) is 1. The SMILES string of the molecule is C=CC(C)(CNC(C)C)C1CC1. The Bertz CT molecular complexity index is 158. The van der Waals surface area contributed by atoms with Crippen LogP contribution in [-0.2, 0) is 0 Å². The lowest BCUT2D eigenvalue weighted by Gasteiger charge is -2.27. The highest BCUT2D eigenvalue weighted by Gasteiger charge is 2.38. The molecule has 0 spiro atoms. The Kier molecular flexibility index (Phi) is 2.94. The van der Waals surface area contributed by atoms with Crippen molar-refractivity contribution in [3.8, 4) is 0 Å². The largest absolute Gasteiger partial charge is 0.314 e. The molecule has 1 saturated carbocycles. The van der Waals surface area contributed by atoms with E-state index in [0.29, 0.717) is 11.5 Å². The highest BCUT2D eigenvalue weighted by Crippen LogP contribution is 2.45. The Hall–Kier alpha value is -0.300. The molecule has 0 heterocycles. The van der Waals surface area contributed by atoms with Crippen LogP contribution in [0.2, 0.25) is 0 Å². The fraction of sp³-hybridized carbons (Fsp3) is 0.818. The predicted octanol–water partition coefficient (Wildman–Crippen LogP) is 2.59. The van der Waals surface area contributed by atoms with Crippen molar-refractivity contribution in [1.82, 2.24) is 5.32 Å². The van der Waals surface area contributed by atoms with Gasteiger partial charge in [-0.3, -0.25) is 0 Å². The monoisotopic (exact) mass is 167 g/mol. The van der Waals surface area contributed by atoms with Crippen molar-refractivity contribution in [1.29, 1.82) is 0 Å². The molecule has 0 bridgehead atoms. The molecule has 1 atom stereocenters. The second-order valence-corrected chi connectivity index (χ2v) is 4.52. The molecule has 1 aliphatic rings. The van der Waals surface area contributed by atoms with Crippen LogP contribution in [0, 0.1) is 11.3 Å². The Balaban J connectivity index is 2.38. The normalized spacial score (nSPS) is 22.3. The zero-order chi connectivity index (χ0) is 9.19. The minimum Gasteiger partial charge on any atom is -0.314 e. The first-order valence-corrected chi connectivity index (χ1v) is 4.95. The molecule has 1 nitrogen and oxygen atoms in total. The van der Waals surface area contributed by atoms with Crippen molar-refractivity contribution in [2.24, 2.45) is 11.3 Å². The minimum atomic E-state index is 0.338. The van der Waals surface area contributed by atoms with Crippen LogP contribution in [0.25, 0.3) is 0 Å². The van der Waals surface area contributed by atoms with E-state index in [1.807, 2.05) is 0 Å². The highest BCUT2D eigenvalue weighted by molar-refractivity contribution is 5.03. The Morgan fingerprint density at radius 2 is 2.17 bits per heavy atom. The van der Waals surface area contributed by atoms with Crippen LogP contribution in [0.15, 0.2) is 12.7 Å². The van der Waals surface area contributed by atoms with E-state index in [-0.39, 0.29) is 0 Å². The van der Waals surface area contributed by atoms with Gasteiger partial charge in [-0.1, -0.05) is 26.8 Å². The third-order valence-electron chi connectivity index (χ3n) is 2.87. The van der Waals surface area contributed by atoms with Crippen molar-refractivity contribution >= 4 is 0 Å². The standard InChI is InChI=1S/C11H21N/c1-5-11(4,10-6-7-10)8-12-9(2)3/h5,9-10,12H,1,6-8H2,2-4H3. The molecule has 1 N–H and O–H groups in total. The maximum absolute atomic E-state index is 3.93. The molecule has 1 aliphatic carbocycles. The van der Waals surface area contributed by atoms with E-state index in [0.717, 1.165) is 12.5 Å². The van der Waals surface area contributed by atoms with Crippen molar-refractivity contribution in [3.63, 3.8) is 0 Å². The summed E-state index contributed by atoms with van der Waals surface area (Å²) in [5.74, 6) is 0.890. The maximum atomic E-state index is 3.93. The van der Waals surface area contributed by atoms with E-state index in [2.05, 4.69) is 38.7 Å². The summed E-state index contributed by atoms with van der Waals surface area (Å²) < 4.78 is 0. The molecule has 12 heavy (non-hydrogen) atoms. The fourth-order valence-electron chi connectivity index (χ4n) is 1.55. The number of nitrogens with one attached hydrogen (secondary N) is 1. The van der Waals surface area contributed by atoms with Gasteiger partial charge in [0.25, 0.3) is 0 Å². The van der Waals surface area contributed by atoms with Crippen molar-refractivity contribution in [2.75, 3.05) is 6.54 Å². The highest BCUT2D eigenvalue weighted by atomic mass is 14.9. The number of rotatable bonds is 5. The van der Waals surface area contributed by atoms with Crippen LogP contribution in [-0.4, -0.2) is 12.6 Å². The van der Waals surface area contributed by atoms with Gasteiger partial charge >= 0.3 is 0 Å². The van der Waals surface area contributed by atoms with E-state index in [1.165, 1.54) is 12.8 Å². The van der Waals surface area contributed by atoms with Crippen LogP contribution >= 0.6 is 0 Å². The van der Waals surface area contributed by atoms with Crippen molar-refractivity contribution in [3.05, 3.63) is 12.7 Å². The molecule has 1 unspecified atom stereocenters. The van der Waals surface area contributed by atoms with Crippen molar-refractivity contribution in [2.45, 2.75) is 39.7 Å². The first-order chi connectivity index (χ1) is 5.58. The quantitative estimate of drug-likeness (QED) is 0.621. The van der Waals surface area contributed by atoms with Crippen LogP contribution < -0.4 is 5.32 Å². The average Bonchev–Trinajstić information content (AvgIpc) is 2.82. The predicted molar refractivity (Wildman–Crippen MR) is 54.2 cm³/mol. The summed E-state index contributed by atoms with van der Waals surface area (Å²) in [5.41, 5.74) is 0.338. The third-order valence-corrected chi connectivity index (χ3v) is 2.87. The third kappa shape index (κ3) is 2.34. The minimum absolute atomic E-state index is 0.338. The summed E-state index contributed by atoms with van der Waals surface area (Å²) in [6, 6.07) is 0.586. The lowest BCUT2D eigenvalue weighted by molar-refractivity contribution is 0.329. The summed E-state index contributed by atoms with van der Waals surface area (Å²) in [5, 5.41) is 3.49. The lowest BCUT2D eigenvalue weighted by atomic mass is 9.85. The van der Waals surface area contributed by atoms with Gasteiger partial charge in [0, 0.05) is 18.0 Å². The molecule has 0 aromatic carbocycles. The Morgan fingerprint density at radius 3 is 2.50 bits per heavy atom. The molecule has 70 valence electrons. The van der Waals surface area contributed by atoms with E-state index in [1.54, 1.807) is 0 Å². The lowest BCUT2D eigenvalue weighted by Crippen LogP contribution is -2.35. The Labute approximate surface area is 76.2 Å². The van der Waals surface area contributed by atoms with Gasteiger partial charge in [-0.25, -0.2) is 0 Å². The molecular formula is C11H21N. The summed E-state index contributed by atoms with van der Waals surface area (Å²) >= 11 is 0. The smallest absolute Gasteiger partial charge is 0.00448 e. The second kappa shape index (κ2) is 3.61. The molecular weight excluding hydrogens is 146 g/mol. The summed E-state index contributed by atoms with van der Waals surface area (Å²) in [6.07, 6.45) is 4.91. The van der Waals surface area contributed by atoms with Crippen molar-refractivity contribution < 1.29 is 0 Å². The molecule has 1 fully saturated rings. The first kappa shape index (κ1) is 9.79. The van der Waals surface area contributed by atoms with Crippen LogP contribution in [0.3, 0.4) is 0 Å². The van der Waals surface area contributed by atoms with E-state index < -0.39 is 0 Å². The Morgan fingerprint density at radius 1 is 1.58 bits per heavy atom. The molecule has 1 heteroatoms. The van der Waals surface area contributed by atoms with Gasteiger partial charge in [-0.05, 0) is 18.8 Å². The molecule has 0 amide bonds. The summed E-state index contributed by atoms with van der Waals surface area (Å²) in [7, 11) is 0. The molecule has 0 radical (unpaired) electrons. The molecule has 1 rings (SSSR count). The molecule has 0 saturated heterocycles. The molecule has 0 aliphatic heterocycles. The van der Waals surface area contributed by atoms with Gasteiger partial charge in [0.1, 0.15) is 0 Å². The topological polar surface area (TPSA) is 12.0 Å².